The Morgan fingerprint density at radius 2 is 2.20 bits per heavy atom. The Labute approximate surface area is 62.0 Å². The normalized spacial score (nSPS) is 43.7. The Morgan fingerprint density at radius 1 is 1.30 bits per heavy atom. The van der Waals surface area contributed by atoms with Crippen LogP contribution in [0.5, 0.6) is 0 Å². The monoisotopic (exact) mass is 135 g/mol. The van der Waals surface area contributed by atoms with E-state index in [4.69, 9.17) is 5.26 Å². The Hall–Kier alpha value is -0.510. The number of rotatable bonds is 1. The fourth-order valence-electron chi connectivity index (χ4n) is 2.74. The molecule has 1 heteroatoms. The molecule has 2 aliphatic carbocycles. The van der Waals surface area contributed by atoms with Crippen LogP contribution in [0.1, 0.15) is 32.1 Å². The summed E-state index contributed by atoms with van der Waals surface area (Å²) >= 11 is 0. The van der Waals surface area contributed by atoms with Crippen molar-refractivity contribution in [1.29, 1.82) is 5.26 Å². The number of nitrogens with zero attached hydrogens (tertiary/aromatic N) is 1. The molecule has 2 aliphatic rings. The van der Waals surface area contributed by atoms with Crippen LogP contribution in [0.25, 0.3) is 0 Å². The molecule has 3 atom stereocenters. The lowest BCUT2D eigenvalue weighted by Crippen LogP contribution is -2.08. The molecule has 54 valence electrons. The molecular weight excluding hydrogens is 122 g/mol. The van der Waals surface area contributed by atoms with Gasteiger partial charge in [0.1, 0.15) is 0 Å². The smallest absolute Gasteiger partial charge is 0.0624 e. The summed E-state index contributed by atoms with van der Waals surface area (Å²) in [6.07, 6.45) is 6.48. The maximum Gasteiger partial charge on any atom is 0.0624 e. The van der Waals surface area contributed by atoms with E-state index in [2.05, 4.69) is 6.07 Å². The second-order valence-electron chi connectivity index (χ2n) is 3.80. The van der Waals surface area contributed by atoms with Crippen LogP contribution in [-0.2, 0) is 0 Å². The van der Waals surface area contributed by atoms with Gasteiger partial charge in [-0.3, -0.25) is 0 Å². The number of nitriles is 1. The Balaban J connectivity index is 1.97. The van der Waals surface area contributed by atoms with Gasteiger partial charge >= 0.3 is 0 Å². The van der Waals surface area contributed by atoms with Gasteiger partial charge in [0.15, 0.2) is 0 Å². The zero-order chi connectivity index (χ0) is 6.97. The minimum Gasteiger partial charge on any atom is -0.198 e. The molecule has 0 N–H and O–H groups in total. The van der Waals surface area contributed by atoms with Crippen LogP contribution in [0.15, 0.2) is 0 Å². The molecular formula is C9H13N. The Kier molecular flexibility index (Phi) is 1.41. The summed E-state index contributed by atoms with van der Waals surface area (Å²) in [6.45, 7) is 0. The third kappa shape index (κ3) is 0.831. The molecule has 2 rings (SSSR count). The summed E-state index contributed by atoms with van der Waals surface area (Å²) in [5.41, 5.74) is 0. The van der Waals surface area contributed by atoms with Crippen LogP contribution in [0, 0.1) is 29.1 Å². The standard InChI is InChI=1S/C9H13N/c10-4-3-9-6-7-1-2-8(9)5-7/h7-9H,1-3,5-6H2/t7-,8?,9?/m0/s1. The Morgan fingerprint density at radius 3 is 2.70 bits per heavy atom. The zero-order valence-electron chi connectivity index (χ0n) is 6.21. The molecule has 0 aromatic rings. The second-order valence-corrected chi connectivity index (χ2v) is 3.80. The fourth-order valence-corrected chi connectivity index (χ4v) is 2.74. The van der Waals surface area contributed by atoms with Crippen molar-refractivity contribution in [3.8, 4) is 6.07 Å². The van der Waals surface area contributed by atoms with E-state index in [0.29, 0.717) is 0 Å². The molecule has 2 fully saturated rings. The first kappa shape index (κ1) is 6.22. The summed E-state index contributed by atoms with van der Waals surface area (Å²) in [7, 11) is 0. The molecule has 2 saturated carbocycles. The van der Waals surface area contributed by atoms with E-state index in [-0.39, 0.29) is 0 Å². The van der Waals surface area contributed by atoms with Gasteiger partial charge < -0.3 is 0 Å². The van der Waals surface area contributed by atoms with Gasteiger partial charge in [-0.1, -0.05) is 6.42 Å². The topological polar surface area (TPSA) is 23.8 Å². The minimum atomic E-state index is 0.781. The third-order valence-corrected chi connectivity index (χ3v) is 3.24. The molecule has 0 saturated heterocycles. The van der Waals surface area contributed by atoms with Gasteiger partial charge in [-0.05, 0) is 37.0 Å². The molecule has 0 radical (unpaired) electrons. The van der Waals surface area contributed by atoms with Gasteiger partial charge in [-0.2, -0.15) is 5.26 Å². The largest absolute Gasteiger partial charge is 0.198 e. The van der Waals surface area contributed by atoms with Crippen LogP contribution in [-0.4, -0.2) is 0 Å². The second kappa shape index (κ2) is 2.27. The average Bonchev–Trinajstić information content (AvgIpc) is 2.48. The lowest BCUT2D eigenvalue weighted by Gasteiger charge is -2.17. The molecule has 0 amide bonds. The first-order chi connectivity index (χ1) is 4.90. The van der Waals surface area contributed by atoms with E-state index >= 15 is 0 Å². The molecule has 0 aliphatic heterocycles. The summed E-state index contributed by atoms with van der Waals surface area (Å²) < 4.78 is 0. The average molecular weight is 135 g/mol. The first-order valence-electron chi connectivity index (χ1n) is 4.27. The lowest BCUT2D eigenvalue weighted by atomic mass is 9.87. The van der Waals surface area contributed by atoms with Gasteiger partial charge in [0.05, 0.1) is 6.07 Å². The van der Waals surface area contributed by atoms with Crippen molar-refractivity contribution in [2.75, 3.05) is 0 Å². The van der Waals surface area contributed by atoms with Gasteiger partial charge in [0.2, 0.25) is 0 Å². The van der Waals surface area contributed by atoms with E-state index in [1.54, 1.807) is 0 Å². The van der Waals surface area contributed by atoms with Crippen molar-refractivity contribution in [2.24, 2.45) is 17.8 Å². The van der Waals surface area contributed by atoms with E-state index in [1.807, 2.05) is 0 Å². The highest BCUT2D eigenvalue weighted by Crippen LogP contribution is 2.49. The molecule has 10 heavy (non-hydrogen) atoms. The highest BCUT2D eigenvalue weighted by molar-refractivity contribution is 4.93. The van der Waals surface area contributed by atoms with E-state index in [1.165, 1.54) is 25.7 Å². The number of hydrogen-bond donors (Lipinski definition) is 0. The summed E-state index contributed by atoms with van der Waals surface area (Å²) in [6, 6.07) is 2.29. The molecule has 1 nitrogen and oxygen atoms in total. The first-order valence-corrected chi connectivity index (χ1v) is 4.27. The van der Waals surface area contributed by atoms with Crippen molar-refractivity contribution in [3.63, 3.8) is 0 Å². The molecule has 0 heterocycles. The predicted octanol–water partition coefficient (Wildman–Crippen LogP) is 2.34. The van der Waals surface area contributed by atoms with Crippen molar-refractivity contribution in [1.82, 2.24) is 0 Å². The fraction of sp³-hybridized carbons (Fsp3) is 0.889. The summed E-state index contributed by atoms with van der Waals surface area (Å²) in [5, 5.41) is 8.50. The van der Waals surface area contributed by atoms with Crippen LogP contribution in [0.4, 0.5) is 0 Å². The number of fused-ring (bicyclic) bond motifs is 2. The lowest BCUT2D eigenvalue weighted by molar-refractivity contribution is 0.339. The Bertz CT molecular complexity index is 168. The molecule has 2 bridgehead atoms. The maximum absolute atomic E-state index is 8.50. The molecule has 0 aromatic carbocycles. The van der Waals surface area contributed by atoms with Crippen molar-refractivity contribution < 1.29 is 0 Å². The molecule has 2 unspecified atom stereocenters. The van der Waals surface area contributed by atoms with Crippen LogP contribution in [0.3, 0.4) is 0 Å². The number of hydrogen-bond acceptors (Lipinski definition) is 1. The van der Waals surface area contributed by atoms with Crippen molar-refractivity contribution in [2.45, 2.75) is 32.1 Å². The SMILES string of the molecule is N#CCC1C[C@H]2CCC1C2. The van der Waals surface area contributed by atoms with Crippen LogP contribution < -0.4 is 0 Å². The van der Waals surface area contributed by atoms with Crippen LogP contribution in [0.2, 0.25) is 0 Å². The van der Waals surface area contributed by atoms with Crippen LogP contribution >= 0.6 is 0 Å². The van der Waals surface area contributed by atoms with Crippen molar-refractivity contribution >= 4 is 0 Å². The molecule has 0 spiro atoms. The maximum atomic E-state index is 8.50. The highest BCUT2D eigenvalue weighted by atomic mass is 14.4. The van der Waals surface area contributed by atoms with E-state index in [0.717, 1.165) is 24.2 Å². The van der Waals surface area contributed by atoms with Gasteiger partial charge in [-0.25, -0.2) is 0 Å². The minimum absolute atomic E-state index is 0.781. The zero-order valence-corrected chi connectivity index (χ0v) is 6.21. The predicted molar refractivity (Wildman–Crippen MR) is 39.2 cm³/mol. The van der Waals surface area contributed by atoms with Gasteiger partial charge in [-0.15, -0.1) is 0 Å². The third-order valence-electron chi connectivity index (χ3n) is 3.24. The quantitative estimate of drug-likeness (QED) is 0.541. The molecule has 0 aromatic heterocycles. The van der Waals surface area contributed by atoms with Gasteiger partial charge in [0, 0.05) is 6.42 Å². The summed E-state index contributed by atoms with van der Waals surface area (Å²) in [4.78, 5) is 0. The summed E-state index contributed by atoms with van der Waals surface area (Å²) in [5.74, 6) is 2.72. The van der Waals surface area contributed by atoms with E-state index < -0.39 is 0 Å². The highest BCUT2D eigenvalue weighted by Gasteiger charge is 2.38. The van der Waals surface area contributed by atoms with Crippen molar-refractivity contribution in [3.05, 3.63) is 0 Å². The van der Waals surface area contributed by atoms with E-state index in [9.17, 15) is 0 Å². The van der Waals surface area contributed by atoms with Gasteiger partial charge in [0.25, 0.3) is 0 Å².